The number of rotatable bonds is 4. The predicted octanol–water partition coefficient (Wildman–Crippen LogP) is 2.53. The normalized spacial score (nSPS) is 17.5. The highest BCUT2D eigenvalue weighted by atomic mass is 32.1. The van der Waals surface area contributed by atoms with Crippen molar-refractivity contribution < 1.29 is 14.7 Å². The van der Waals surface area contributed by atoms with E-state index in [4.69, 9.17) is 0 Å². The summed E-state index contributed by atoms with van der Waals surface area (Å²) in [4.78, 5) is 26.3. The Kier molecular flexibility index (Phi) is 5.27. The van der Waals surface area contributed by atoms with E-state index in [9.17, 15) is 14.7 Å². The number of β-amino-alcohol motifs (C(OH)–C–C–N with tert-alkyl or cyclic N) is 1. The Morgan fingerprint density at radius 1 is 1.33 bits per heavy atom. The van der Waals surface area contributed by atoms with E-state index in [1.54, 1.807) is 40.5 Å². The zero-order chi connectivity index (χ0) is 16.9. The molecule has 126 valence electrons. The SMILES string of the molecule is O=C(Cc1ccsc1)Nc1cccc(C(=O)N2CCCC(O)C2)c1. The quantitative estimate of drug-likeness (QED) is 0.895. The number of carbonyl (C=O) groups excluding carboxylic acids is 2. The van der Waals surface area contributed by atoms with Crippen LogP contribution >= 0.6 is 11.3 Å². The molecular weight excluding hydrogens is 324 g/mol. The standard InChI is InChI=1S/C18H20N2O3S/c21-16-5-2-7-20(11-16)18(23)14-3-1-4-15(10-14)19-17(22)9-13-6-8-24-12-13/h1,3-4,6,8,10,12,16,21H,2,5,7,9,11H2,(H,19,22). The average Bonchev–Trinajstić information content (AvgIpc) is 3.07. The summed E-state index contributed by atoms with van der Waals surface area (Å²) in [6, 6.07) is 8.87. The van der Waals surface area contributed by atoms with Gasteiger partial charge in [0.2, 0.25) is 5.91 Å². The Bertz CT molecular complexity index is 715. The van der Waals surface area contributed by atoms with Crippen molar-refractivity contribution in [2.45, 2.75) is 25.4 Å². The number of anilines is 1. The largest absolute Gasteiger partial charge is 0.391 e. The molecule has 0 radical (unpaired) electrons. The molecule has 5 nitrogen and oxygen atoms in total. The first-order chi connectivity index (χ1) is 11.6. The van der Waals surface area contributed by atoms with Crippen molar-refractivity contribution in [3.8, 4) is 0 Å². The number of aliphatic hydroxyl groups is 1. The first-order valence-electron chi connectivity index (χ1n) is 8.00. The van der Waals surface area contributed by atoms with Gasteiger partial charge in [-0.3, -0.25) is 9.59 Å². The maximum absolute atomic E-state index is 12.5. The van der Waals surface area contributed by atoms with Crippen molar-refractivity contribution in [3.63, 3.8) is 0 Å². The van der Waals surface area contributed by atoms with Gasteiger partial charge in [-0.1, -0.05) is 6.07 Å². The lowest BCUT2D eigenvalue weighted by Crippen LogP contribution is -2.42. The van der Waals surface area contributed by atoms with Gasteiger partial charge in [-0.2, -0.15) is 11.3 Å². The summed E-state index contributed by atoms with van der Waals surface area (Å²) >= 11 is 1.56. The zero-order valence-electron chi connectivity index (χ0n) is 13.3. The maximum Gasteiger partial charge on any atom is 0.254 e. The molecule has 1 aliphatic heterocycles. The minimum atomic E-state index is -0.448. The highest BCUT2D eigenvalue weighted by Crippen LogP contribution is 2.17. The second kappa shape index (κ2) is 7.59. The molecule has 2 amide bonds. The second-order valence-corrected chi connectivity index (χ2v) is 6.76. The molecule has 1 atom stereocenters. The lowest BCUT2D eigenvalue weighted by molar-refractivity contribution is -0.115. The summed E-state index contributed by atoms with van der Waals surface area (Å²) in [5, 5.41) is 16.4. The summed E-state index contributed by atoms with van der Waals surface area (Å²) in [5.41, 5.74) is 2.11. The molecule has 1 saturated heterocycles. The summed E-state index contributed by atoms with van der Waals surface area (Å²) in [7, 11) is 0. The predicted molar refractivity (Wildman–Crippen MR) is 94.2 cm³/mol. The van der Waals surface area contributed by atoms with E-state index in [0.29, 0.717) is 30.8 Å². The van der Waals surface area contributed by atoms with Gasteiger partial charge in [0.1, 0.15) is 0 Å². The van der Waals surface area contributed by atoms with E-state index >= 15 is 0 Å². The van der Waals surface area contributed by atoms with E-state index in [1.165, 1.54) is 0 Å². The van der Waals surface area contributed by atoms with Crippen molar-refractivity contribution >= 4 is 28.8 Å². The van der Waals surface area contributed by atoms with Crippen LogP contribution < -0.4 is 5.32 Å². The number of piperidine rings is 1. The summed E-state index contributed by atoms with van der Waals surface area (Å²) in [5.74, 6) is -0.214. The van der Waals surface area contributed by atoms with Crippen molar-refractivity contribution in [1.82, 2.24) is 4.90 Å². The molecule has 0 spiro atoms. The lowest BCUT2D eigenvalue weighted by atomic mass is 10.1. The fraction of sp³-hybridized carbons (Fsp3) is 0.333. The Balaban J connectivity index is 1.65. The van der Waals surface area contributed by atoms with Crippen LogP contribution in [0.25, 0.3) is 0 Å². The smallest absolute Gasteiger partial charge is 0.254 e. The number of aliphatic hydroxyl groups excluding tert-OH is 1. The van der Waals surface area contributed by atoms with Crippen LogP contribution in [0.1, 0.15) is 28.8 Å². The molecule has 2 heterocycles. The number of hydrogen-bond acceptors (Lipinski definition) is 4. The molecule has 2 N–H and O–H groups in total. The third kappa shape index (κ3) is 4.21. The van der Waals surface area contributed by atoms with Crippen LogP contribution in [0.5, 0.6) is 0 Å². The topological polar surface area (TPSA) is 69.6 Å². The highest BCUT2D eigenvalue weighted by Gasteiger charge is 2.23. The number of benzene rings is 1. The van der Waals surface area contributed by atoms with E-state index < -0.39 is 6.10 Å². The summed E-state index contributed by atoms with van der Waals surface area (Å²) in [6.45, 7) is 1.03. The Labute approximate surface area is 144 Å². The first kappa shape index (κ1) is 16.7. The minimum absolute atomic E-state index is 0.105. The van der Waals surface area contributed by atoms with Crippen molar-refractivity contribution in [1.29, 1.82) is 0 Å². The van der Waals surface area contributed by atoms with Crippen molar-refractivity contribution in [3.05, 3.63) is 52.2 Å². The zero-order valence-corrected chi connectivity index (χ0v) is 14.1. The van der Waals surface area contributed by atoms with Crippen LogP contribution in [0.15, 0.2) is 41.1 Å². The molecule has 6 heteroatoms. The van der Waals surface area contributed by atoms with Crippen LogP contribution in [-0.4, -0.2) is 41.0 Å². The number of amides is 2. The second-order valence-electron chi connectivity index (χ2n) is 5.98. The number of nitrogens with one attached hydrogen (secondary N) is 1. The van der Waals surface area contributed by atoms with Gasteiger partial charge in [-0.25, -0.2) is 0 Å². The van der Waals surface area contributed by atoms with Gasteiger partial charge in [-0.15, -0.1) is 0 Å². The van der Waals surface area contributed by atoms with Gasteiger partial charge < -0.3 is 15.3 Å². The Morgan fingerprint density at radius 3 is 2.96 bits per heavy atom. The lowest BCUT2D eigenvalue weighted by Gasteiger charge is -2.30. The van der Waals surface area contributed by atoms with Gasteiger partial charge in [0.25, 0.3) is 5.91 Å². The van der Waals surface area contributed by atoms with Crippen LogP contribution in [0.4, 0.5) is 5.69 Å². The monoisotopic (exact) mass is 344 g/mol. The molecule has 3 rings (SSSR count). The molecule has 1 fully saturated rings. The molecule has 1 aromatic carbocycles. The minimum Gasteiger partial charge on any atom is -0.391 e. The molecule has 1 unspecified atom stereocenters. The van der Waals surface area contributed by atoms with Crippen molar-refractivity contribution in [2.75, 3.05) is 18.4 Å². The fourth-order valence-electron chi connectivity index (χ4n) is 2.84. The molecule has 0 aliphatic carbocycles. The van der Waals surface area contributed by atoms with E-state index in [2.05, 4.69) is 5.32 Å². The highest BCUT2D eigenvalue weighted by molar-refractivity contribution is 7.08. The maximum atomic E-state index is 12.5. The first-order valence-corrected chi connectivity index (χ1v) is 8.94. The average molecular weight is 344 g/mol. The molecule has 0 bridgehead atoms. The van der Waals surface area contributed by atoms with E-state index in [1.807, 2.05) is 16.8 Å². The van der Waals surface area contributed by atoms with Crippen LogP contribution in [0.3, 0.4) is 0 Å². The molecule has 24 heavy (non-hydrogen) atoms. The van der Waals surface area contributed by atoms with Crippen LogP contribution in [0, 0.1) is 0 Å². The summed E-state index contributed by atoms with van der Waals surface area (Å²) < 4.78 is 0. The third-order valence-electron chi connectivity index (χ3n) is 4.02. The molecular formula is C18H20N2O3S. The van der Waals surface area contributed by atoms with Crippen LogP contribution in [0.2, 0.25) is 0 Å². The number of hydrogen-bond donors (Lipinski definition) is 2. The molecule has 0 saturated carbocycles. The van der Waals surface area contributed by atoms with Gasteiger partial charge in [0.05, 0.1) is 12.5 Å². The van der Waals surface area contributed by atoms with Crippen LogP contribution in [-0.2, 0) is 11.2 Å². The van der Waals surface area contributed by atoms with E-state index in [0.717, 1.165) is 18.4 Å². The third-order valence-corrected chi connectivity index (χ3v) is 4.75. The van der Waals surface area contributed by atoms with Gasteiger partial charge >= 0.3 is 0 Å². The van der Waals surface area contributed by atoms with Gasteiger partial charge in [-0.05, 0) is 53.4 Å². The van der Waals surface area contributed by atoms with Gasteiger partial charge in [0.15, 0.2) is 0 Å². The Morgan fingerprint density at radius 2 is 2.21 bits per heavy atom. The molecule has 1 aliphatic rings. The Hall–Kier alpha value is -2.18. The van der Waals surface area contributed by atoms with Crippen molar-refractivity contribution in [2.24, 2.45) is 0 Å². The van der Waals surface area contributed by atoms with E-state index in [-0.39, 0.29) is 11.8 Å². The summed E-state index contributed by atoms with van der Waals surface area (Å²) in [6.07, 6.45) is 1.42. The molecule has 1 aromatic heterocycles. The number of carbonyl (C=O) groups is 2. The number of likely N-dealkylation sites (tertiary alicyclic amines) is 1. The number of nitrogens with zero attached hydrogens (tertiary/aromatic N) is 1. The number of thiophene rings is 1. The molecule has 2 aromatic rings. The fourth-order valence-corrected chi connectivity index (χ4v) is 3.50. The van der Waals surface area contributed by atoms with Gasteiger partial charge in [0, 0.05) is 24.3 Å².